The number of ether oxygens (including phenoxy) is 2. The van der Waals surface area contributed by atoms with Gasteiger partial charge in [-0.3, -0.25) is 9.59 Å². The molecule has 2 heterocycles. The SMILES string of the molecule is CONC[C@@H]1C(=O)N2[C@@H](C(=O)OCOC(=O)C(C)(C)C)C(C)(C)S(=O)(=O)[C@H]12. The number of β-lactam (4-membered cyclic amide) rings is 1. The molecule has 10 nitrogen and oxygen atoms in total. The van der Waals surface area contributed by atoms with Crippen LogP contribution < -0.4 is 5.48 Å². The van der Waals surface area contributed by atoms with Gasteiger partial charge in [-0.15, -0.1) is 0 Å². The van der Waals surface area contributed by atoms with Gasteiger partial charge in [-0.25, -0.2) is 18.7 Å². The summed E-state index contributed by atoms with van der Waals surface area (Å²) < 4.78 is 34.0. The van der Waals surface area contributed by atoms with E-state index in [9.17, 15) is 22.8 Å². The van der Waals surface area contributed by atoms with Gasteiger partial charge in [0.15, 0.2) is 9.84 Å². The molecule has 154 valence electrons. The number of sulfone groups is 1. The third-order valence-corrected chi connectivity index (χ3v) is 7.73. The number of carbonyl (C=O) groups is 3. The molecule has 0 aromatic carbocycles. The van der Waals surface area contributed by atoms with Gasteiger partial charge in [0, 0.05) is 6.54 Å². The minimum absolute atomic E-state index is 0.0107. The number of carbonyl (C=O) groups excluding carboxylic acids is 3. The summed E-state index contributed by atoms with van der Waals surface area (Å²) in [5.41, 5.74) is 1.70. The fourth-order valence-electron chi connectivity index (χ4n) is 3.19. The third-order valence-electron chi connectivity index (χ3n) is 4.85. The summed E-state index contributed by atoms with van der Waals surface area (Å²) in [6, 6.07) is -1.31. The first-order valence-electron chi connectivity index (χ1n) is 8.43. The Morgan fingerprint density at radius 2 is 1.81 bits per heavy atom. The van der Waals surface area contributed by atoms with Crippen LogP contribution >= 0.6 is 0 Å². The van der Waals surface area contributed by atoms with Gasteiger partial charge < -0.3 is 19.2 Å². The highest BCUT2D eigenvalue weighted by atomic mass is 32.2. The third kappa shape index (κ3) is 3.43. The van der Waals surface area contributed by atoms with E-state index in [-0.39, 0.29) is 6.54 Å². The van der Waals surface area contributed by atoms with E-state index in [2.05, 4.69) is 10.3 Å². The Labute approximate surface area is 158 Å². The first kappa shape index (κ1) is 21.6. The molecule has 0 aromatic heterocycles. The summed E-state index contributed by atoms with van der Waals surface area (Å²) in [7, 11) is -2.48. The van der Waals surface area contributed by atoms with Gasteiger partial charge in [0.25, 0.3) is 0 Å². The van der Waals surface area contributed by atoms with Crippen molar-refractivity contribution in [2.45, 2.75) is 50.8 Å². The molecule has 1 amide bonds. The van der Waals surface area contributed by atoms with Gasteiger partial charge in [0.1, 0.15) is 11.4 Å². The first-order chi connectivity index (χ1) is 12.3. The van der Waals surface area contributed by atoms with Crippen molar-refractivity contribution >= 4 is 27.7 Å². The number of hydrogen-bond acceptors (Lipinski definition) is 9. The second-order valence-electron chi connectivity index (χ2n) is 8.11. The molecule has 27 heavy (non-hydrogen) atoms. The number of nitrogens with zero attached hydrogens (tertiary/aromatic N) is 1. The van der Waals surface area contributed by atoms with Crippen molar-refractivity contribution in [2.24, 2.45) is 11.3 Å². The maximum Gasteiger partial charge on any atom is 0.333 e. The van der Waals surface area contributed by atoms with Crippen LogP contribution in [0.5, 0.6) is 0 Å². The molecule has 2 aliphatic heterocycles. The van der Waals surface area contributed by atoms with Crippen LogP contribution in [-0.4, -0.2) is 67.8 Å². The van der Waals surface area contributed by atoms with Crippen molar-refractivity contribution in [1.29, 1.82) is 0 Å². The van der Waals surface area contributed by atoms with Gasteiger partial charge in [-0.1, -0.05) is 0 Å². The molecule has 0 spiro atoms. The summed E-state index contributed by atoms with van der Waals surface area (Å²) in [6.45, 7) is 7.04. The van der Waals surface area contributed by atoms with E-state index in [0.29, 0.717) is 0 Å². The Balaban J connectivity index is 2.14. The lowest BCUT2D eigenvalue weighted by molar-refractivity contribution is -0.181. The van der Waals surface area contributed by atoms with Gasteiger partial charge in [-0.05, 0) is 34.6 Å². The number of fused-ring (bicyclic) bond motifs is 1. The number of rotatable bonds is 6. The van der Waals surface area contributed by atoms with Crippen molar-refractivity contribution < 1.29 is 37.1 Å². The summed E-state index contributed by atoms with van der Waals surface area (Å²) in [4.78, 5) is 42.4. The Morgan fingerprint density at radius 1 is 1.22 bits per heavy atom. The van der Waals surface area contributed by atoms with Crippen molar-refractivity contribution in [2.75, 3.05) is 20.4 Å². The lowest BCUT2D eigenvalue weighted by Crippen LogP contribution is -2.65. The van der Waals surface area contributed by atoms with Crippen molar-refractivity contribution in [3.8, 4) is 0 Å². The molecule has 2 fully saturated rings. The maximum absolute atomic E-state index is 12.9. The van der Waals surface area contributed by atoms with E-state index in [1.807, 2.05) is 0 Å². The fourth-order valence-corrected chi connectivity index (χ4v) is 5.50. The topological polar surface area (TPSA) is 128 Å². The molecule has 2 aliphatic rings. The van der Waals surface area contributed by atoms with Crippen molar-refractivity contribution in [1.82, 2.24) is 10.4 Å². The first-order valence-corrected chi connectivity index (χ1v) is 9.98. The molecule has 0 aliphatic carbocycles. The fraction of sp³-hybridized carbons (Fsp3) is 0.812. The van der Waals surface area contributed by atoms with E-state index >= 15 is 0 Å². The second-order valence-corrected chi connectivity index (χ2v) is 10.7. The quantitative estimate of drug-likeness (QED) is 0.271. The Kier molecular flexibility index (Phi) is 5.61. The summed E-state index contributed by atoms with van der Waals surface area (Å²) >= 11 is 0. The number of amides is 1. The number of hydrogen-bond donors (Lipinski definition) is 1. The Bertz CT molecular complexity index is 740. The average molecular weight is 406 g/mol. The van der Waals surface area contributed by atoms with Gasteiger partial charge in [-0.2, -0.15) is 0 Å². The molecule has 0 bridgehead atoms. The van der Waals surface area contributed by atoms with E-state index in [0.717, 1.165) is 4.90 Å². The zero-order valence-electron chi connectivity index (χ0n) is 16.3. The minimum Gasteiger partial charge on any atom is -0.427 e. The van der Waals surface area contributed by atoms with Crippen molar-refractivity contribution in [3.63, 3.8) is 0 Å². The molecule has 0 saturated carbocycles. The molecule has 11 heteroatoms. The van der Waals surface area contributed by atoms with Crippen LogP contribution in [0, 0.1) is 11.3 Å². The molecule has 1 N–H and O–H groups in total. The number of hydroxylamine groups is 1. The van der Waals surface area contributed by atoms with Crippen LogP contribution in [-0.2, 0) is 38.5 Å². The number of esters is 2. The smallest absolute Gasteiger partial charge is 0.333 e. The van der Waals surface area contributed by atoms with Gasteiger partial charge >= 0.3 is 11.9 Å². The monoisotopic (exact) mass is 406 g/mol. The molecule has 3 atom stereocenters. The van der Waals surface area contributed by atoms with Crippen LogP contribution in [0.4, 0.5) is 0 Å². The average Bonchev–Trinajstić information content (AvgIpc) is 2.68. The van der Waals surface area contributed by atoms with Gasteiger partial charge in [0.2, 0.25) is 12.7 Å². The molecule has 0 radical (unpaired) electrons. The predicted octanol–water partition coefficient (Wildman–Crippen LogP) is -0.412. The normalized spacial score (nSPS) is 28.3. The largest absolute Gasteiger partial charge is 0.427 e. The predicted molar refractivity (Wildman–Crippen MR) is 92.4 cm³/mol. The van der Waals surface area contributed by atoms with Gasteiger partial charge in [0.05, 0.1) is 23.2 Å². The summed E-state index contributed by atoms with van der Waals surface area (Å²) in [5, 5.41) is -1.13. The Hall–Kier alpha value is -1.72. The zero-order chi connectivity index (χ0) is 20.8. The minimum atomic E-state index is -3.84. The molecular weight excluding hydrogens is 380 g/mol. The van der Waals surface area contributed by atoms with E-state index in [1.54, 1.807) is 20.8 Å². The van der Waals surface area contributed by atoms with Crippen LogP contribution in [0.25, 0.3) is 0 Å². The highest BCUT2D eigenvalue weighted by Crippen LogP contribution is 2.48. The summed E-state index contributed by atoms with van der Waals surface area (Å²) in [5.74, 6) is -2.82. The highest BCUT2D eigenvalue weighted by molar-refractivity contribution is 7.93. The highest BCUT2D eigenvalue weighted by Gasteiger charge is 2.72. The lowest BCUT2D eigenvalue weighted by Gasteiger charge is -2.42. The summed E-state index contributed by atoms with van der Waals surface area (Å²) in [6.07, 6.45) is 0. The lowest BCUT2D eigenvalue weighted by atomic mass is 9.92. The van der Waals surface area contributed by atoms with Crippen LogP contribution in [0.1, 0.15) is 34.6 Å². The standard InChI is InChI=1S/C16H26N2O8S/c1-15(2,3)14(21)26-8-25-13(20)10-16(4,5)27(22,23)12-9(7-17-24-6)11(19)18(10)12/h9-10,12,17H,7-8H2,1-6H3/t9-,10+,12-/m1/s1. The number of nitrogens with one attached hydrogen (secondary N) is 1. The van der Waals surface area contributed by atoms with Crippen molar-refractivity contribution in [3.05, 3.63) is 0 Å². The molecule has 2 saturated heterocycles. The van der Waals surface area contributed by atoms with E-state index in [4.69, 9.17) is 9.47 Å². The molecular formula is C16H26N2O8S. The molecule has 0 aromatic rings. The van der Waals surface area contributed by atoms with Crippen LogP contribution in [0.2, 0.25) is 0 Å². The van der Waals surface area contributed by atoms with Crippen LogP contribution in [0.15, 0.2) is 0 Å². The maximum atomic E-state index is 12.9. The zero-order valence-corrected chi connectivity index (χ0v) is 17.1. The van der Waals surface area contributed by atoms with Crippen LogP contribution in [0.3, 0.4) is 0 Å². The molecule has 0 unspecified atom stereocenters. The van der Waals surface area contributed by atoms with E-state index < -0.39 is 62.0 Å². The second kappa shape index (κ2) is 7.02. The molecule has 2 rings (SSSR count). The van der Waals surface area contributed by atoms with E-state index in [1.165, 1.54) is 21.0 Å². The Morgan fingerprint density at radius 3 is 2.33 bits per heavy atom.